The Bertz CT molecular complexity index is 289. The fourth-order valence-electron chi connectivity index (χ4n) is 2.19. The monoisotopic (exact) mass is 195 g/mol. The van der Waals surface area contributed by atoms with Gasteiger partial charge in [-0.25, -0.2) is 0 Å². The molecule has 0 bridgehead atoms. The Morgan fingerprint density at radius 3 is 2.57 bits per heavy atom. The number of aromatic nitrogens is 1. The molecule has 1 aliphatic rings. The summed E-state index contributed by atoms with van der Waals surface area (Å²) in [6.45, 7) is 0.813. The summed E-state index contributed by atoms with van der Waals surface area (Å²) < 4.78 is 4.87. The van der Waals surface area contributed by atoms with Gasteiger partial charge in [0.1, 0.15) is 0 Å². The first-order valence-electron chi connectivity index (χ1n) is 5.21. The summed E-state index contributed by atoms with van der Waals surface area (Å²) in [7, 11) is 0. The maximum atomic E-state index is 5.64. The summed E-state index contributed by atoms with van der Waals surface area (Å²) in [5.74, 6) is 1.65. The summed E-state index contributed by atoms with van der Waals surface area (Å²) in [5, 5.41) is 3.96. The van der Waals surface area contributed by atoms with Crippen molar-refractivity contribution in [2.75, 3.05) is 12.3 Å². The first kappa shape index (κ1) is 9.52. The van der Waals surface area contributed by atoms with Crippen molar-refractivity contribution in [3.8, 4) is 0 Å². The lowest BCUT2D eigenvalue weighted by molar-refractivity contribution is 0.319. The van der Waals surface area contributed by atoms with E-state index in [-0.39, 0.29) is 0 Å². The van der Waals surface area contributed by atoms with Crippen molar-refractivity contribution in [1.29, 1.82) is 0 Å². The Morgan fingerprint density at radius 2 is 2.07 bits per heavy atom. The minimum Gasteiger partial charge on any atom is -0.368 e. The van der Waals surface area contributed by atoms with Crippen molar-refractivity contribution in [2.24, 2.45) is 11.7 Å². The number of nitrogens with two attached hydrogens (primary N) is 2. The fraction of sp³-hybridized carbons (Fsp3) is 0.700. The second-order valence-electron chi connectivity index (χ2n) is 4.11. The first-order chi connectivity index (χ1) is 6.79. The average Bonchev–Trinajstić information content (AvgIpc) is 2.65. The highest BCUT2D eigenvalue weighted by Crippen LogP contribution is 2.35. The second-order valence-corrected chi connectivity index (χ2v) is 4.11. The van der Waals surface area contributed by atoms with Gasteiger partial charge in [0.15, 0.2) is 0 Å². The third-order valence-electron chi connectivity index (χ3n) is 3.14. The van der Waals surface area contributed by atoms with Crippen LogP contribution in [-0.2, 0) is 0 Å². The summed E-state index contributed by atoms with van der Waals surface area (Å²) >= 11 is 0. The van der Waals surface area contributed by atoms with E-state index in [1.165, 1.54) is 12.8 Å². The number of nitrogen functional groups attached to an aromatic ring is 1. The van der Waals surface area contributed by atoms with Crippen LogP contribution in [0.1, 0.15) is 37.3 Å². The van der Waals surface area contributed by atoms with Crippen LogP contribution in [0.4, 0.5) is 5.88 Å². The Labute approximate surface area is 83.6 Å². The molecule has 4 heteroatoms. The normalized spacial score (nSPS) is 27.8. The smallest absolute Gasteiger partial charge is 0.222 e. The van der Waals surface area contributed by atoms with Crippen LogP contribution in [0, 0.1) is 5.92 Å². The standard InChI is InChI=1S/C10H17N3O/c11-6-7-1-3-8(4-2-7)9-5-10(12)14-13-9/h5,7-8H,1-4,6,11-12H2. The molecule has 0 aromatic carbocycles. The third kappa shape index (κ3) is 1.90. The molecule has 0 unspecified atom stereocenters. The predicted molar refractivity (Wildman–Crippen MR) is 54.7 cm³/mol. The van der Waals surface area contributed by atoms with E-state index in [9.17, 15) is 0 Å². The van der Waals surface area contributed by atoms with E-state index >= 15 is 0 Å². The maximum Gasteiger partial charge on any atom is 0.222 e. The van der Waals surface area contributed by atoms with Crippen LogP contribution in [0.3, 0.4) is 0 Å². The topological polar surface area (TPSA) is 78.1 Å². The zero-order valence-corrected chi connectivity index (χ0v) is 8.28. The summed E-state index contributed by atoms with van der Waals surface area (Å²) in [5.41, 5.74) is 12.1. The zero-order chi connectivity index (χ0) is 9.97. The van der Waals surface area contributed by atoms with E-state index in [2.05, 4.69) is 5.16 Å². The van der Waals surface area contributed by atoms with Crippen molar-refractivity contribution < 1.29 is 4.52 Å². The molecule has 1 saturated carbocycles. The molecule has 0 spiro atoms. The molecular weight excluding hydrogens is 178 g/mol. The highest BCUT2D eigenvalue weighted by atomic mass is 16.5. The van der Waals surface area contributed by atoms with Gasteiger partial charge in [-0.3, -0.25) is 0 Å². The van der Waals surface area contributed by atoms with Crippen molar-refractivity contribution in [1.82, 2.24) is 5.16 Å². The van der Waals surface area contributed by atoms with Crippen molar-refractivity contribution in [3.63, 3.8) is 0 Å². The number of hydrogen-bond acceptors (Lipinski definition) is 4. The molecule has 1 fully saturated rings. The number of nitrogens with zero attached hydrogens (tertiary/aromatic N) is 1. The highest BCUT2D eigenvalue weighted by Gasteiger charge is 2.23. The summed E-state index contributed by atoms with van der Waals surface area (Å²) in [6.07, 6.45) is 4.73. The third-order valence-corrected chi connectivity index (χ3v) is 3.14. The molecule has 14 heavy (non-hydrogen) atoms. The number of anilines is 1. The van der Waals surface area contributed by atoms with Gasteiger partial charge in [0.2, 0.25) is 5.88 Å². The molecule has 1 aromatic rings. The summed E-state index contributed by atoms with van der Waals surface area (Å²) in [6, 6.07) is 1.84. The van der Waals surface area contributed by atoms with Gasteiger partial charge in [-0.05, 0) is 38.1 Å². The molecule has 78 valence electrons. The SMILES string of the molecule is NCC1CCC(c2cc(N)on2)CC1. The molecule has 0 radical (unpaired) electrons. The van der Waals surface area contributed by atoms with Crippen LogP contribution in [0.25, 0.3) is 0 Å². The van der Waals surface area contributed by atoms with Crippen LogP contribution in [0.5, 0.6) is 0 Å². The van der Waals surface area contributed by atoms with Crippen molar-refractivity contribution in [2.45, 2.75) is 31.6 Å². The van der Waals surface area contributed by atoms with E-state index in [4.69, 9.17) is 16.0 Å². The molecule has 1 heterocycles. The van der Waals surface area contributed by atoms with Crippen LogP contribution < -0.4 is 11.5 Å². The van der Waals surface area contributed by atoms with Gasteiger partial charge in [-0.15, -0.1) is 0 Å². The molecule has 0 aliphatic heterocycles. The van der Waals surface area contributed by atoms with E-state index < -0.39 is 0 Å². The van der Waals surface area contributed by atoms with Gasteiger partial charge in [0, 0.05) is 12.0 Å². The molecule has 0 saturated heterocycles. The second kappa shape index (κ2) is 4.00. The quantitative estimate of drug-likeness (QED) is 0.749. The van der Waals surface area contributed by atoms with Crippen molar-refractivity contribution >= 4 is 5.88 Å². The Balaban J connectivity index is 1.95. The minimum absolute atomic E-state index is 0.418. The number of rotatable bonds is 2. The molecule has 1 aliphatic carbocycles. The van der Waals surface area contributed by atoms with Gasteiger partial charge in [0.05, 0.1) is 5.69 Å². The van der Waals surface area contributed by atoms with E-state index in [0.29, 0.717) is 17.7 Å². The Kier molecular flexibility index (Phi) is 2.72. The average molecular weight is 195 g/mol. The van der Waals surface area contributed by atoms with Crippen molar-refractivity contribution in [3.05, 3.63) is 11.8 Å². The van der Waals surface area contributed by atoms with Crippen LogP contribution in [0.2, 0.25) is 0 Å². The lowest BCUT2D eigenvalue weighted by Crippen LogP contribution is -2.20. The van der Waals surface area contributed by atoms with Gasteiger partial charge >= 0.3 is 0 Å². The number of hydrogen-bond donors (Lipinski definition) is 2. The minimum atomic E-state index is 0.418. The molecule has 0 amide bonds. The molecular formula is C10H17N3O. The predicted octanol–water partition coefficient (Wildman–Crippen LogP) is 1.49. The van der Waals surface area contributed by atoms with Gasteiger partial charge < -0.3 is 16.0 Å². The lowest BCUT2D eigenvalue weighted by Gasteiger charge is -2.25. The van der Waals surface area contributed by atoms with E-state index in [1.807, 2.05) is 6.07 Å². The largest absolute Gasteiger partial charge is 0.368 e. The Hall–Kier alpha value is -1.03. The lowest BCUT2D eigenvalue weighted by atomic mass is 9.80. The molecule has 4 N–H and O–H groups in total. The maximum absolute atomic E-state index is 5.64. The van der Waals surface area contributed by atoms with Gasteiger partial charge in [-0.2, -0.15) is 0 Å². The van der Waals surface area contributed by atoms with Gasteiger partial charge in [-0.1, -0.05) is 5.16 Å². The first-order valence-corrected chi connectivity index (χ1v) is 5.21. The van der Waals surface area contributed by atoms with E-state index in [0.717, 1.165) is 25.1 Å². The van der Waals surface area contributed by atoms with Crippen LogP contribution >= 0.6 is 0 Å². The Morgan fingerprint density at radius 1 is 1.36 bits per heavy atom. The fourth-order valence-corrected chi connectivity index (χ4v) is 2.19. The highest BCUT2D eigenvalue weighted by molar-refractivity contribution is 5.26. The zero-order valence-electron chi connectivity index (χ0n) is 8.28. The van der Waals surface area contributed by atoms with Gasteiger partial charge in [0.25, 0.3) is 0 Å². The van der Waals surface area contributed by atoms with E-state index in [1.54, 1.807) is 0 Å². The molecule has 0 atom stereocenters. The molecule has 4 nitrogen and oxygen atoms in total. The molecule has 2 rings (SSSR count). The van der Waals surface area contributed by atoms with Crippen LogP contribution in [0.15, 0.2) is 10.6 Å². The summed E-state index contributed by atoms with van der Waals surface area (Å²) in [4.78, 5) is 0. The molecule has 1 aromatic heterocycles. The van der Waals surface area contributed by atoms with Crippen LogP contribution in [-0.4, -0.2) is 11.7 Å².